The fraction of sp³-hybridized carbons (Fsp3) is 0.167. The van der Waals surface area contributed by atoms with E-state index in [2.05, 4.69) is 4.98 Å². The highest BCUT2D eigenvalue weighted by Crippen LogP contribution is 2.17. The molecule has 0 amide bonds. The summed E-state index contributed by atoms with van der Waals surface area (Å²) in [6.07, 6.45) is 2.07. The van der Waals surface area contributed by atoms with Crippen LogP contribution in [0.2, 0.25) is 5.02 Å². The molecule has 0 atom stereocenters. The number of aromatic nitrogens is 1. The smallest absolute Gasteiger partial charge is 0.169 e. The van der Waals surface area contributed by atoms with Crippen LogP contribution in [-0.2, 0) is 6.42 Å². The zero-order valence-corrected chi connectivity index (χ0v) is 10.3. The minimum atomic E-state index is 0.0871. The summed E-state index contributed by atoms with van der Waals surface area (Å²) in [7, 11) is 0. The maximum Gasteiger partial charge on any atom is 0.169 e. The van der Waals surface area contributed by atoms with Gasteiger partial charge < -0.3 is 0 Å². The van der Waals surface area contributed by atoms with Crippen molar-refractivity contribution in [3.8, 4) is 0 Å². The maximum absolute atomic E-state index is 12.0. The molecular weight excluding hydrogens is 242 g/mol. The number of nitrogens with zero attached hydrogens (tertiary/aromatic N) is 1. The van der Waals surface area contributed by atoms with Gasteiger partial charge in [-0.2, -0.15) is 0 Å². The quantitative estimate of drug-likeness (QED) is 0.781. The summed E-state index contributed by atoms with van der Waals surface area (Å²) in [6.45, 7) is 1.89. The highest BCUT2D eigenvalue weighted by molar-refractivity contribution is 7.09. The Morgan fingerprint density at radius 3 is 2.94 bits per heavy atom. The summed E-state index contributed by atoms with van der Waals surface area (Å²) >= 11 is 7.34. The molecule has 0 N–H and O–H groups in total. The molecule has 82 valence electrons. The molecule has 0 aliphatic rings. The van der Waals surface area contributed by atoms with Crippen molar-refractivity contribution in [2.24, 2.45) is 0 Å². The molecule has 1 heterocycles. The summed E-state index contributed by atoms with van der Waals surface area (Å²) < 4.78 is 0. The monoisotopic (exact) mass is 251 g/mol. The van der Waals surface area contributed by atoms with Gasteiger partial charge in [-0.05, 0) is 30.7 Å². The Bertz CT molecular complexity index is 508. The van der Waals surface area contributed by atoms with Gasteiger partial charge in [0.25, 0.3) is 0 Å². The molecule has 0 radical (unpaired) electrons. The second-order valence-electron chi connectivity index (χ2n) is 3.49. The average molecular weight is 252 g/mol. The number of benzene rings is 1. The second-order valence-corrected chi connectivity index (χ2v) is 4.90. The number of hydrogen-bond acceptors (Lipinski definition) is 3. The molecule has 1 aromatic carbocycles. The summed E-state index contributed by atoms with van der Waals surface area (Å²) in [5.74, 6) is 0.0871. The zero-order chi connectivity index (χ0) is 11.5. The van der Waals surface area contributed by atoms with Crippen molar-refractivity contribution in [1.29, 1.82) is 0 Å². The van der Waals surface area contributed by atoms with Crippen LogP contribution < -0.4 is 0 Å². The predicted octanol–water partition coefficient (Wildman–Crippen LogP) is 3.53. The molecule has 0 saturated carbocycles. The number of halogens is 1. The normalized spacial score (nSPS) is 10.4. The maximum atomic E-state index is 12.0. The van der Waals surface area contributed by atoms with Crippen LogP contribution in [0.1, 0.15) is 20.9 Å². The lowest BCUT2D eigenvalue weighted by Gasteiger charge is -2.03. The Kier molecular flexibility index (Phi) is 3.36. The highest BCUT2D eigenvalue weighted by atomic mass is 35.5. The molecule has 2 aromatic rings. The van der Waals surface area contributed by atoms with E-state index < -0.39 is 0 Å². The van der Waals surface area contributed by atoms with E-state index in [0.717, 1.165) is 16.1 Å². The van der Waals surface area contributed by atoms with Gasteiger partial charge in [0.2, 0.25) is 0 Å². The van der Waals surface area contributed by atoms with Crippen LogP contribution in [-0.4, -0.2) is 10.8 Å². The fourth-order valence-electron chi connectivity index (χ4n) is 1.51. The number of carbonyl (C=O) groups excluding carboxylic acids is 1. The first-order chi connectivity index (χ1) is 7.66. The van der Waals surface area contributed by atoms with Gasteiger partial charge in [-0.25, -0.2) is 4.98 Å². The van der Waals surface area contributed by atoms with Gasteiger partial charge in [0.15, 0.2) is 5.78 Å². The number of rotatable bonds is 3. The Morgan fingerprint density at radius 2 is 2.31 bits per heavy atom. The van der Waals surface area contributed by atoms with Gasteiger partial charge in [-0.15, -0.1) is 11.3 Å². The molecule has 16 heavy (non-hydrogen) atoms. The van der Waals surface area contributed by atoms with E-state index in [0.29, 0.717) is 11.4 Å². The Balaban J connectivity index is 2.21. The van der Waals surface area contributed by atoms with Crippen molar-refractivity contribution in [2.75, 3.05) is 0 Å². The molecule has 2 rings (SSSR count). The molecule has 0 bridgehead atoms. The lowest BCUT2D eigenvalue weighted by molar-refractivity contribution is 0.0992. The van der Waals surface area contributed by atoms with E-state index in [9.17, 15) is 4.79 Å². The van der Waals surface area contributed by atoms with Gasteiger partial charge in [0, 0.05) is 22.2 Å². The topological polar surface area (TPSA) is 30.0 Å². The zero-order valence-electron chi connectivity index (χ0n) is 8.74. The van der Waals surface area contributed by atoms with Crippen molar-refractivity contribution in [3.05, 3.63) is 50.9 Å². The summed E-state index contributed by atoms with van der Waals surface area (Å²) in [5, 5.41) is 3.37. The Labute approximate surface area is 103 Å². The largest absolute Gasteiger partial charge is 0.294 e. The van der Waals surface area contributed by atoms with Crippen LogP contribution in [0.25, 0.3) is 0 Å². The van der Waals surface area contributed by atoms with Crippen LogP contribution in [0.3, 0.4) is 0 Å². The third kappa shape index (κ3) is 2.49. The van der Waals surface area contributed by atoms with Gasteiger partial charge in [-0.3, -0.25) is 4.79 Å². The minimum Gasteiger partial charge on any atom is -0.294 e. The predicted molar refractivity (Wildman–Crippen MR) is 66.3 cm³/mol. The highest BCUT2D eigenvalue weighted by Gasteiger charge is 2.11. The number of ketones is 1. The van der Waals surface area contributed by atoms with Gasteiger partial charge in [-0.1, -0.05) is 11.6 Å². The van der Waals surface area contributed by atoms with Gasteiger partial charge in [0.1, 0.15) is 5.01 Å². The molecule has 0 aliphatic carbocycles. The standard InChI is InChI=1S/C12H10ClNOS/c1-8-6-9(13)2-3-10(8)11(15)7-12-14-4-5-16-12/h2-6H,7H2,1H3. The van der Waals surface area contributed by atoms with Gasteiger partial charge in [0.05, 0.1) is 6.42 Å². The van der Waals surface area contributed by atoms with Crippen molar-refractivity contribution >= 4 is 28.7 Å². The molecule has 0 fully saturated rings. The minimum absolute atomic E-state index is 0.0871. The van der Waals surface area contributed by atoms with Crippen LogP contribution >= 0.6 is 22.9 Å². The van der Waals surface area contributed by atoms with Crippen LogP contribution in [0.5, 0.6) is 0 Å². The van der Waals surface area contributed by atoms with E-state index in [1.807, 2.05) is 12.3 Å². The molecule has 0 spiro atoms. The Morgan fingerprint density at radius 1 is 1.50 bits per heavy atom. The molecule has 0 aliphatic heterocycles. The van der Waals surface area contributed by atoms with Crippen LogP contribution in [0.4, 0.5) is 0 Å². The van der Waals surface area contributed by atoms with Crippen LogP contribution in [0.15, 0.2) is 29.8 Å². The molecule has 2 nitrogen and oxygen atoms in total. The molecule has 0 unspecified atom stereocenters. The molecular formula is C12H10ClNOS. The lowest BCUT2D eigenvalue weighted by atomic mass is 10.0. The number of thiazole rings is 1. The van der Waals surface area contributed by atoms with E-state index in [1.54, 1.807) is 24.4 Å². The number of Topliss-reactive ketones (excluding diaryl/α,β-unsaturated/α-hetero) is 1. The average Bonchev–Trinajstić information content (AvgIpc) is 2.70. The SMILES string of the molecule is Cc1cc(Cl)ccc1C(=O)Cc1nccs1. The fourth-order valence-corrected chi connectivity index (χ4v) is 2.35. The van der Waals surface area contributed by atoms with Crippen molar-refractivity contribution in [3.63, 3.8) is 0 Å². The summed E-state index contributed by atoms with van der Waals surface area (Å²) in [5.41, 5.74) is 1.63. The molecule has 0 saturated heterocycles. The summed E-state index contributed by atoms with van der Waals surface area (Å²) in [6, 6.07) is 5.31. The van der Waals surface area contributed by atoms with Crippen molar-refractivity contribution in [2.45, 2.75) is 13.3 Å². The van der Waals surface area contributed by atoms with E-state index >= 15 is 0 Å². The van der Waals surface area contributed by atoms with E-state index in [4.69, 9.17) is 11.6 Å². The first-order valence-electron chi connectivity index (χ1n) is 4.84. The third-order valence-corrected chi connectivity index (χ3v) is 3.30. The lowest BCUT2D eigenvalue weighted by Crippen LogP contribution is -2.05. The summed E-state index contributed by atoms with van der Waals surface area (Å²) in [4.78, 5) is 16.1. The second kappa shape index (κ2) is 4.76. The number of aryl methyl sites for hydroxylation is 1. The Hall–Kier alpha value is -1.19. The number of carbonyl (C=O) groups is 1. The van der Waals surface area contributed by atoms with Gasteiger partial charge >= 0.3 is 0 Å². The molecule has 4 heteroatoms. The van der Waals surface area contributed by atoms with Crippen LogP contribution in [0, 0.1) is 6.92 Å². The molecule has 1 aromatic heterocycles. The number of hydrogen-bond donors (Lipinski definition) is 0. The van der Waals surface area contributed by atoms with Crippen molar-refractivity contribution < 1.29 is 4.79 Å². The third-order valence-electron chi connectivity index (χ3n) is 2.28. The first kappa shape index (κ1) is 11.3. The van der Waals surface area contributed by atoms with Crippen molar-refractivity contribution in [1.82, 2.24) is 4.98 Å². The van der Waals surface area contributed by atoms with E-state index in [1.165, 1.54) is 11.3 Å². The van der Waals surface area contributed by atoms with E-state index in [-0.39, 0.29) is 5.78 Å². The first-order valence-corrected chi connectivity index (χ1v) is 6.10.